The van der Waals surface area contributed by atoms with Crippen LogP contribution in [-0.2, 0) is 8.54 Å². The van der Waals surface area contributed by atoms with Gasteiger partial charge in [-0.3, -0.25) is 0 Å². The van der Waals surface area contributed by atoms with Gasteiger partial charge in [-0.25, -0.2) is 0 Å². The van der Waals surface area contributed by atoms with Gasteiger partial charge < -0.3 is 8.54 Å². The quantitative estimate of drug-likeness (QED) is 0.778. The van der Waals surface area contributed by atoms with Gasteiger partial charge >= 0.3 is 8.56 Å². The van der Waals surface area contributed by atoms with Crippen molar-refractivity contribution in [2.24, 2.45) is 0 Å². The first-order valence-electron chi connectivity index (χ1n) is 6.84. The van der Waals surface area contributed by atoms with E-state index in [-0.39, 0.29) is 0 Å². The van der Waals surface area contributed by atoms with E-state index >= 15 is 0 Å². The first-order chi connectivity index (χ1) is 8.48. The molecular weight excluding hydrogens is 284 g/mol. The molecule has 0 aliphatic carbocycles. The summed E-state index contributed by atoms with van der Waals surface area (Å²) >= 11 is 0. The molecule has 1 aromatic carbocycles. The summed E-state index contributed by atoms with van der Waals surface area (Å²) in [5.74, 6) is 0. The van der Waals surface area contributed by atoms with E-state index in [0.717, 1.165) is 0 Å². The van der Waals surface area contributed by atoms with Gasteiger partial charge in [0.25, 0.3) is 0 Å². The summed E-state index contributed by atoms with van der Waals surface area (Å²) in [6.07, 6.45) is 0. The van der Waals surface area contributed by atoms with Crippen molar-refractivity contribution in [3.8, 4) is 0 Å². The molecule has 1 rings (SSSR count). The molecule has 0 aliphatic heterocycles. The minimum absolute atomic E-state index is 1.21. The van der Waals surface area contributed by atoms with Crippen molar-refractivity contribution in [1.29, 1.82) is 0 Å². The van der Waals surface area contributed by atoms with Gasteiger partial charge in [-0.15, -0.1) is 0 Å². The SMILES string of the molecule is CO[Si](C)(C)O[Si](C)(C)c1ccc([Si](C)(C)C)cc1. The van der Waals surface area contributed by atoms with Crippen LogP contribution in [-0.4, -0.2) is 32.1 Å². The van der Waals surface area contributed by atoms with Crippen LogP contribution < -0.4 is 10.4 Å². The van der Waals surface area contributed by atoms with Crippen LogP contribution in [0.25, 0.3) is 0 Å². The van der Waals surface area contributed by atoms with Crippen LogP contribution in [0.15, 0.2) is 24.3 Å². The Morgan fingerprint density at radius 3 is 1.53 bits per heavy atom. The van der Waals surface area contributed by atoms with Crippen LogP contribution in [0.1, 0.15) is 0 Å². The Morgan fingerprint density at radius 1 is 0.737 bits per heavy atom. The molecule has 0 saturated carbocycles. The second-order valence-electron chi connectivity index (χ2n) is 7.04. The molecule has 0 unspecified atom stereocenters. The van der Waals surface area contributed by atoms with E-state index in [0.29, 0.717) is 0 Å². The Labute approximate surface area is 121 Å². The lowest BCUT2D eigenvalue weighted by Crippen LogP contribution is -2.54. The molecule has 2 nitrogen and oxygen atoms in total. The Bertz CT molecular complexity index is 419. The fraction of sp³-hybridized carbons (Fsp3) is 0.571. The summed E-state index contributed by atoms with van der Waals surface area (Å²) in [6.45, 7) is 15.9. The van der Waals surface area contributed by atoms with E-state index in [1.165, 1.54) is 10.4 Å². The maximum atomic E-state index is 6.35. The van der Waals surface area contributed by atoms with Gasteiger partial charge in [0.05, 0.1) is 8.07 Å². The van der Waals surface area contributed by atoms with Crippen molar-refractivity contribution in [1.82, 2.24) is 0 Å². The minimum atomic E-state index is -1.98. The molecule has 0 bridgehead atoms. The average molecular weight is 313 g/mol. The number of hydrogen-bond acceptors (Lipinski definition) is 2. The number of hydrogen-bond donors (Lipinski definition) is 0. The van der Waals surface area contributed by atoms with E-state index < -0.39 is 25.0 Å². The van der Waals surface area contributed by atoms with Crippen LogP contribution in [0.5, 0.6) is 0 Å². The van der Waals surface area contributed by atoms with E-state index in [9.17, 15) is 0 Å². The van der Waals surface area contributed by atoms with Gasteiger partial charge in [-0.1, -0.05) is 49.1 Å². The molecule has 0 spiro atoms. The maximum absolute atomic E-state index is 6.35. The first-order valence-corrected chi connectivity index (χ1v) is 16.1. The molecule has 0 atom stereocenters. The third kappa shape index (κ3) is 4.68. The lowest BCUT2D eigenvalue weighted by molar-refractivity contribution is 0.313. The molecule has 1 aromatic rings. The molecule has 0 radical (unpaired) electrons. The smallest absolute Gasteiger partial charge is 0.321 e. The summed E-state index contributed by atoms with van der Waals surface area (Å²) in [5.41, 5.74) is 0. The topological polar surface area (TPSA) is 18.5 Å². The normalized spacial score (nSPS) is 13.7. The van der Waals surface area contributed by atoms with E-state index in [2.05, 4.69) is 70.1 Å². The third-order valence-electron chi connectivity index (χ3n) is 3.44. The Balaban J connectivity index is 2.97. The van der Waals surface area contributed by atoms with Crippen molar-refractivity contribution >= 4 is 35.3 Å². The summed E-state index contributed by atoms with van der Waals surface area (Å²) in [5, 5.41) is 2.86. The summed E-state index contributed by atoms with van der Waals surface area (Å²) in [6, 6.07) is 9.11. The Kier molecular flexibility index (Phi) is 5.01. The summed E-state index contributed by atoms with van der Waals surface area (Å²) in [7, 11) is -3.30. The molecule has 0 N–H and O–H groups in total. The van der Waals surface area contributed by atoms with E-state index in [1.54, 1.807) is 7.11 Å². The molecule has 0 aromatic heterocycles. The highest BCUT2D eigenvalue weighted by atomic mass is 28.4. The van der Waals surface area contributed by atoms with Crippen molar-refractivity contribution in [2.75, 3.05) is 7.11 Å². The fourth-order valence-electron chi connectivity index (χ4n) is 2.09. The van der Waals surface area contributed by atoms with Gasteiger partial charge in [0, 0.05) is 7.11 Å². The summed E-state index contributed by atoms with van der Waals surface area (Å²) in [4.78, 5) is 0. The molecule has 108 valence electrons. The van der Waals surface area contributed by atoms with Crippen molar-refractivity contribution in [3.63, 3.8) is 0 Å². The average Bonchev–Trinajstić information content (AvgIpc) is 2.27. The molecule has 0 aliphatic rings. The zero-order chi connectivity index (χ0) is 14.9. The molecule has 0 amide bonds. The zero-order valence-electron chi connectivity index (χ0n) is 13.6. The highest BCUT2D eigenvalue weighted by molar-refractivity contribution is 6.91. The second kappa shape index (κ2) is 5.65. The predicted octanol–water partition coefficient (Wildman–Crippen LogP) is 3.01. The number of rotatable bonds is 5. The molecule has 0 heterocycles. The third-order valence-corrected chi connectivity index (χ3v) is 12.2. The second-order valence-corrected chi connectivity index (χ2v) is 19.7. The zero-order valence-corrected chi connectivity index (χ0v) is 16.6. The number of benzene rings is 1. The van der Waals surface area contributed by atoms with Gasteiger partial charge in [0.1, 0.15) is 0 Å². The molecule has 0 fully saturated rings. The molecular formula is C14H28O2Si3. The van der Waals surface area contributed by atoms with Crippen LogP contribution >= 0.6 is 0 Å². The molecule has 5 heteroatoms. The van der Waals surface area contributed by atoms with Crippen LogP contribution in [0, 0.1) is 0 Å². The Hall–Kier alpha value is -0.209. The maximum Gasteiger partial charge on any atom is 0.321 e. The Morgan fingerprint density at radius 2 is 1.16 bits per heavy atom. The van der Waals surface area contributed by atoms with E-state index in [1.807, 2.05) is 0 Å². The molecule has 0 saturated heterocycles. The van der Waals surface area contributed by atoms with Crippen LogP contribution in [0.3, 0.4) is 0 Å². The standard InChI is InChI=1S/C14H28O2Si3/c1-15-19(7,8)16-18(5,6)14-11-9-13(10-12-14)17(2,3)4/h9-12H,1-8H3. The predicted molar refractivity (Wildman–Crippen MR) is 92.1 cm³/mol. The van der Waals surface area contributed by atoms with Crippen LogP contribution in [0.4, 0.5) is 0 Å². The minimum Gasteiger partial charge on any atom is -0.432 e. The summed E-state index contributed by atoms with van der Waals surface area (Å²) < 4.78 is 11.9. The largest absolute Gasteiger partial charge is 0.432 e. The van der Waals surface area contributed by atoms with Crippen LogP contribution in [0.2, 0.25) is 45.8 Å². The highest BCUT2D eigenvalue weighted by Gasteiger charge is 2.35. The highest BCUT2D eigenvalue weighted by Crippen LogP contribution is 2.15. The van der Waals surface area contributed by atoms with Gasteiger partial charge in [-0.2, -0.15) is 0 Å². The monoisotopic (exact) mass is 312 g/mol. The van der Waals surface area contributed by atoms with Crippen molar-refractivity contribution in [2.45, 2.75) is 45.8 Å². The van der Waals surface area contributed by atoms with Crippen molar-refractivity contribution in [3.05, 3.63) is 24.3 Å². The van der Waals surface area contributed by atoms with Gasteiger partial charge in [0.15, 0.2) is 0 Å². The lowest BCUT2D eigenvalue weighted by atomic mass is 10.4. The fourth-order valence-corrected chi connectivity index (χ4v) is 9.94. The van der Waals surface area contributed by atoms with Gasteiger partial charge in [-0.05, 0) is 31.4 Å². The first kappa shape index (κ1) is 16.8. The van der Waals surface area contributed by atoms with E-state index in [4.69, 9.17) is 8.54 Å². The lowest BCUT2D eigenvalue weighted by Gasteiger charge is -2.32. The molecule has 19 heavy (non-hydrogen) atoms. The van der Waals surface area contributed by atoms with Crippen molar-refractivity contribution < 1.29 is 8.54 Å². The van der Waals surface area contributed by atoms with Gasteiger partial charge in [0.2, 0.25) is 8.32 Å².